The van der Waals surface area contributed by atoms with E-state index >= 15 is 0 Å². The average molecular weight is 297 g/mol. The van der Waals surface area contributed by atoms with Crippen molar-refractivity contribution in [2.75, 3.05) is 11.9 Å². The molecule has 0 spiro atoms. The Kier molecular flexibility index (Phi) is 3.97. The van der Waals surface area contributed by atoms with E-state index in [0.717, 1.165) is 21.9 Å². The highest BCUT2D eigenvalue weighted by atomic mass is 32.2. The predicted octanol–water partition coefficient (Wildman–Crippen LogP) is 4.33. The number of carbonyl (C=O) groups excluding carboxylic acids is 1. The molecule has 106 valence electrons. The smallest absolute Gasteiger partial charge is 0.202 e. The summed E-state index contributed by atoms with van der Waals surface area (Å²) >= 11 is 1.50. The van der Waals surface area contributed by atoms with Crippen molar-refractivity contribution < 1.29 is 9.53 Å². The lowest BCUT2D eigenvalue weighted by Gasteiger charge is -2.05. The molecule has 0 aromatic heterocycles. The van der Waals surface area contributed by atoms with Gasteiger partial charge in [0.1, 0.15) is 5.75 Å². The van der Waals surface area contributed by atoms with Gasteiger partial charge in [0.15, 0.2) is 0 Å². The van der Waals surface area contributed by atoms with Crippen molar-refractivity contribution in [1.82, 2.24) is 0 Å². The van der Waals surface area contributed by atoms with Crippen molar-refractivity contribution in [2.24, 2.45) is 0 Å². The van der Waals surface area contributed by atoms with Gasteiger partial charge in [-0.15, -0.1) is 0 Å². The van der Waals surface area contributed by atoms with Crippen molar-refractivity contribution in [3.8, 4) is 5.75 Å². The zero-order valence-electron chi connectivity index (χ0n) is 11.6. The van der Waals surface area contributed by atoms with E-state index < -0.39 is 0 Å². The van der Waals surface area contributed by atoms with Gasteiger partial charge in [-0.1, -0.05) is 23.9 Å². The first-order valence-electron chi connectivity index (χ1n) is 6.79. The minimum atomic E-state index is 0.0778. The molecule has 4 heteroatoms. The van der Waals surface area contributed by atoms with Gasteiger partial charge in [0.05, 0.1) is 11.5 Å². The van der Waals surface area contributed by atoms with Crippen molar-refractivity contribution in [3.05, 3.63) is 65.2 Å². The molecule has 0 aliphatic carbocycles. The van der Waals surface area contributed by atoms with E-state index in [1.807, 2.05) is 55.5 Å². The number of hydrogen-bond acceptors (Lipinski definition) is 4. The van der Waals surface area contributed by atoms with E-state index in [0.29, 0.717) is 11.5 Å². The molecular formula is C17H15NO2S. The molecule has 1 aliphatic heterocycles. The second kappa shape index (κ2) is 6.06. The summed E-state index contributed by atoms with van der Waals surface area (Å²) in [6.45, 7) is 2.61. The van der Waals surface area contributed by atoms with Gasteiger partial charge in [0.2, 0.25) is 5.78 Å². The summed E-state index contributed by atoms with van der Waals surface area (Å²) in [7, 11) is 0. The van der Waals surface area contributed by atoms with E-state index in [-0.39, 0.29) is 5.78 Å². The molecule has 3 rings (SSSR count). The molecule has 0 bridgehead atoms. The van der Waals surface area contributed by atoms with Gasteiger partial charge in [-0.2, -0.15) is 0 Å². The number of nitrogens with one attached hydrogen (secondary N) is 1. The maximum Gasteiger partial charge on any atom is 0.202 e. The van der Waals surface area contributed by atoms with Crippen LogP contribution in [0.15, 0.2) is 64.5 Å². The fourth-order valence-electron chi connectivity index (χ4n) is 2.10. The van der Waals surface area contributed by atoms with Crippen LogP contribution in [0.3, 0.4) is 0 Å². The Balaban J connectivity index is 1.71. The van der Waals surface area contributed by atoms with Gasteiger partial charge >= 0.3 is 0 Å². The van der Waals surface area contributed by atoms with E-state index in [2.05, 4.69) is 5.32 Å². The quantitative estimate of drug-likeness (QED) is 0.853. The predicted molar refractivity (Wildman–Crippen MR) is 85.9 cm³/mol. The van der Waals surface area contributed by atoms with Gasteiger partial charge in [0, 0.05) is 22.3 Å². The summed E-state index contributed by atoms with van der Waals surface area (Å²) < 4.78 is 5.40. The number of rotatable bonds is 4. The zero-order valence-corrected chi connectivity index (χ0v) is 12.4. The molecule has 2 aromatic carbocycles. The summed E-state index contributed by atoms with van der Waals surface area (Å²) in [5.41, 5.74) is 1.71. The summed E-state index contributed by atoms with van der Waals surface area (Å²) in [6.07, 6.45) is 1.77. The number of Topliss-reactive ketones (excluding diaryl/α,β-unsaturated/α-hetero) is 1. The number of fused-ring (bicyclic) bond motifs is 1. The van der Waals surface area contributed by atoms with Gasteiger partial charge in [-0.25, -0.2) is 0 Å². The standard InChI is InChI=1S/C17H15NO2S/c1-2-20-13-9-7-12(8-10-13)18-11-16-17(19)14-5-3-4-6-15(14)21-16/h3-11,18H,2H2,1H3/b16-11+. The third-order valence-corrected chi connectivity index (χ3v) is 4.21. The van der Waals surface area contributed by atoms with Crippen LogP contribution in [0.2, 0.25) is 0 Å². The number of benzene rings is 2. The molecule has 0 unspecified atom stereocenters. The van der Waals surface area contributed by atoms with Crippen molar-refractivity contribution in [3.63, 3.8) is 0 Å². The third-order valence-electron chi connectivity index (χ3n) is 3.11. The van der Waals surface area contributed by atoms with Crippen LogP contribution >= 0.6 is 11.8 Å². The Hall–Kier alpha value is -2.20. The number of ether oxygens (including phenoxy) is 1. The fraction of sp³-hybridized carbons (Fsp3) is 0.118. The number of allylic oxidation sites excluding steroid dienone is 1. The van der Waals surface area contributed by atoms with Crippen LogP contribution in [0.4, 0.5) is 5.69 Å². The van der Waals surface area contributed by atoms with Crippen LogP contribution in [0.1, 0.15) is 17.3 Å². The highest BCUT2D eigenvalue weighted by Crippen LogP contribution is 2.39. The van der Waals surface area contributed by atoms with Gasteiger partial charge in [-0.3, -0.25) is 4.79 Å². The fourth-order valence-corrected chi connectivity index (χ4v) is 3.07. The molecule has 0 amide bonds. The van der Waals surface area contributed by atoms with Crippen LogP contribution in [-0.2, 0) is 0 Å². The number of ketones is 1. The van der Waals surface area contributed by atoms with E-state index in [4.69, 9.17) is 4.74 Å². The summed E-state index contributed by atoms with van der Waals surface area (Å²) in [5, 5.41) is 3.16. The van der Waals surface area contributed by atoms with Crippen molar-refractivity contribution in [1.29, 1.82) is 0 Å². The second-order valence-electron chi connectivity index (χ2n) is 4.54. The minimum Gasteiger partial charge on any atom is -0.494 e. The topological polar surface area (TPSA) is 38.3 Å². The minimum absolute atomic E-state index is 0.0778. The van der Waals surface area contributed by atoms with Gasteiger partial charge < -0.3 is 10.1 Å². The molecular weight excluding hydrogens is 282 g/mol. The SMILES string of the molecule is CCOc1ccc(N/C=C2/Sc3ccccc3C2=O)cc1. The Morgan fingerprint density at radius 3 is 2.62 bits per heavy atom. The number of hydrogen-bond donors (Lipinski definition) is 1. The lowest BCUT2D eigenvalue weighted by Crippen LogP contribution is -1.97. The largest absolute Gasteiger partial charge is 0.494 e. The Bertz CT molecular complexity index is 692. The van der Waals surface area contributed by atoms with Gasteiger partial charge in [0.25, 0.3) is 0 Å². The van der Waals surface area contributed by atoms with Crippen LogP contribution in [-0.4, -0.2) is 12.4 Å². The molecule has 21 heavy (non-hydrogen) atoms. The maximum atomic E-state index is 12.2. The lowest BCUT2D eigenvalue weighted by atomic mass is 10.1. The molecule has 1 heterocycles. The van der Waals surface area contributed by atoms with E-state index in [1.165, 1.54) is 11.8 Å². The van der Waals surface area contributed by atoms with Crippen LogP contribution < -0.4 is 10.1 Å². The Morgan fingerprint density at radius 1 is 1.14 bits per heavy atom. The van der Waals surface area contributed by atoms with Gasteiger partial charge in [-0.05, 0) is 43.3 Å². The van der Waals surface area contributed by atoms with E-state index in [9.17, 15) is 4.79 Å². The highest BCUT2D eigenvalue weighted by Gasteiger charge is 2.24. The second-order valence-corrected chi connectivity index (χ2v) is 5.62. The molecule has 0 fully saturated rings. The van der Waals surface area contributed by atoms with Crippen LogP contribution in [0.25, 0.3) is 0 Å². The monoisotopic (exact) mass is 297 g/mol. The molecule has 2 aromatic rings. The Labute approximate surface area is 128 Å². The summed E-state index contributed by atoms with van der Waals surface area (Å²) in [5.74, 6) is 0.920. The maximum absolute atomic E-state index is 12.2. The molecule has 0 atom stereocenters. The first-order valence-corrected chi connectivity index (χ1v) is 7.60. The average Bonchev–Trinajstić information content (AvgIpc) is 2.84. The third kappa shape index (κ3) is 2.95. The number of thioether (sulfide) groups is 1. The molecule has 0 saturated carbocycles. The number of anilines is 1. The molecule has 1 aliphatic rings. The first kappa shape index (κ1) is 13.8. The zero-order chi connectivity index (χ0) is 14.7. The van der Waals surface area contributed by atoms with Crippen LogP contribution in [0.5, 0.6) is 5.75 Å². The summed E-state index contributed by atoms with van der Waals surface area (Å²) in [6, 6.07) is 15.3. The first-order chi connectivity index (χ1) is 10.3. The van der Waals surface area contributed by atoms with Crippen molar-refractivity contribution >= 4 is 23.2 Å². The molecule has 3 nitrogen and oxygen atoms in total. The summed E-state index contributed by atoms with van der Waals surface area (Å²) in [4.78, 5) is 13.9. The molecule has 0 saturated heterocycles. The van der Waals surface area contributed by atoms with Crippen LogP contribution in [0, 0.1) is 0 Å². The molecule has 1 N–H and O–H groups in total. The lowest BCUT2D eigenvalue weighted by molar-refractivity contribution is 0.104. The number of carbonyl (C=O) groups is 1. The Morgan fingerprint density at radius 2 is 1.90 bits per heavy atom. The normalized spacial score (nSPS) is 15.1. The van der Waals surface area contributed by atoms with E-state index in [1.54, 1.807) is 6.20 Å². The highest BCUT2D eigenvalue weighted by molar-refractivity contribution is 8.04. The van der Waals surface area contributed by atoms with Crippen molar-refractivity contribution in [2.45, 2.75) is 11.8 Å². The molecule has 0 radical (unpaired) electrons.